The van der Waals surface area contributed by atoms with Crippen molar-refractivity contribution in [1.29, 1.82) is 0 Å². The molecule has 0 fully saturated rings. The third kappa shape index (κ3) is 2.47. The minimum Gasteiger partial charge on any atom is -0.481 e. The van der Waals surface area contributed by atoms with Crippen LogP contribution >= 0.6 is 0 Å². The van der Waals surface area contributed by atoms with Crippen LogP contribution in [0.4, 0.5) is 22.0 Å². The molecule has 1 unspecified atom stereocenters. The molecule has 88 valence electrons. The van der Waals surface area contributed by atoms with Crippen LogP contribution in [0.25, 0.3) is 0 Å². The summed E-state index contributed by atoms with van der Waals surface area (Å²) in [5.41, 5.74) is -0.848. The maximum Gasteiger partial charge on any atom is 0.406 e. The van der Waals surface area contributed by atoms with Crippen molar-refractivity contribution >= 4 is 5.97 Å². The summed E-state index contributed by atoms with van der Waals surface area (Å²) >= 11 is 0. The number of carboxylic acids is 1. The smallest absolute Gasteiger partial charge is 0.406 e. The summed E-state index contributed by atoms with van der Waals surface area (Å²) < 4.78 is 62.0. The lowest BCUT2D eigenvalue weighted by Gasteiger charge is -2.16. The van der Waals surface area contributed by atoms with E-state index in [9.17, 15) is 26.7 Å². The first-order chi connectivity index (χ1) is 7.23. The van der Waals surface area contributed by atoms with Gasteiger partial charge in [-0.2, -0.15) is 13.2 Å². The summed E-state index contributed by atoms with van der Waals surface area (Å²) in [7, 11) is 0. The molecular weight excluding hydrogens is 235 g/mol. The first-order valence-corrected chi connectivity index (χ1v) is 3.98. The van der Waals surface area contributed by atoms with Crippen LogP contribution in [0.1, 0.15) is 11.5 Å². The number of rotatable bonds is 2. The molecule has 16 heavy (non-hydrogen) atoms. The van der Waals surface area contributed by atoms with Crippen LogP contribution in [0.3, 0.4) is 0 Å². The molecule has 0 spiro atoms. The molecule has 0 heterocycles. The Morgan fingerprint density at radius 2 is 1.75 bits per heavy atom. The Kier molecular flexibility index (Phi) is 3.16. The van der Waals surface area contributed by atoms with Crippen molar-refractivity contribution < 1.29 is 31.9 Å². The quantitative estimate of drug-likeness (QED) is 0.807. The van der Waals surface area contributed by atoms with E-state index >= 15 is 0 Å². The predicted octanol–water partition coefficient (Wildman–Crippen LogP) is 2.70. The van der Waals surface area contributed by atoms with E-state index in [-0.39, 0.29) is 6.07 Å². The topological polar surface area (TPSA) is 37.3 Å². The van der Waals surface area contributed by atoms with Gasteiger partial charge in [0.15, 0.2) is 17.6 Å². The number of hydrogen-bond acceptors (Lipinski definition) is 1. The molecule has 0 bridgehead atoms. The number of alkyl halides is 3. The number of carbonyl (C=O) groups is 1. The van der Waals surface area contributed by atoms with Crippen molar-refractivity contribution in [3.8, 4) is 0 Å². The lowest BCUT2D eigenvalue weighted by Crippen LogP contribution is -2.28. The average Bonchev–Trinajstić information content (AvgIpc) is 2.08. The van der Waals surface area contributed by atoms with Crippen molar-refractivity contribution in [1.82, 2.24) is 0 Å². The Labute approximate surface area is 86.3 Å². The highest BCUT2D eigenvalue weighted by atomic mass is 19.4. The van der Waals surface area contributed by atoms with Gasteiger partial charge in [-0.1, -0.05) is 6.07 Å². The molecule has 2 nitrogen and oxygen atoms in total. The Balaban J connectivity index is 3.22. The Morgan fingerprint density at radius 3 is 2.12 bits per heavy atom. The number of halogens is 5. The molecule has 7 heteroatoms. The van der Waals surface area contributed by atoms with Crippen LogP contribution in [-0.2, 0) is 4.79 Å². The van der Waals surface area contributed by atoms with Gasteiger partial charge >= 0.3 is 12.1 Å². The molecule has 1 N–H and O–H groups in total. The monoisotopic (exact) mass is 240 g/mol. The lowest BCUT2D eigenvalue weighted by molar-refractivity contribution is -0.176. The van der Waals surface area contributed by atoms with Crippen LogP contribution in [0.2, 0.25) is 0 Å². The van der Waals surface area contributed by atoms with E-state index in [1.165, 1.54) is 0 Å². The van der Waals surface area contributed by atoms with Crippen molar-refractivity contribution in [2.75, 3.05) is 0 Å². The number of aliphatic carboxylic acids is 1. The molecule has 1 aromatic rings. The molecule has 0 amide bonds. The molecule has 1 aromatic carbocycles. The average molecular weight is 240 g/mol. The largest absolute Gasteiger partial charge is 0.481 e. The molecule has 0 aliphatic carbocycles. The Morgan fingerprint density at radius 1 is 1.19 bits per heavy atom. The van der Waals surface area contributed by atoms with Gasteiger partial charge in [0.25, 0.3) is 0 Å². The van der Waals surface area contributed by atoms with E-state index in [0.29, 0.717) is 12.1 Å². The first-order valence-electron chi connectivity index (χ1n) is 3.98. The highest BCUT2D eigenvalue weighted by molar-refractivity contribution is 5.77. The fourth-order valence-corrected chi connectivity index (χ4v) is 1.16. The van der Waals surface area contributed by atoms with Crippen LogP contribution in [0.15, 0.2) is 18.2 Å². The highest BCUT2D eigenvalue weighted by Crippen LogP contribution is 2.35. The zero-order valence-corrected chi connectivity index (χ0v) is 7.55. The lowest BCUT2D eigenvalue weighted by atomic mass is 9.98. The second-order valence-corrected chi connectivity index (χ2v) is 2.99. The molecule has 0 radical (unpaired) electrons. The third-order valence-electron chi connectivity index (χ3n) is 1.85. The third-order valence-corrected chi connectivity index (χ3v) is 1.85. The van der Waals surface area contributed by atoms with Gasteiger partial charge in [-0.05, 0) is 17.7 Å². The molecule has 0 aromatic heterocycles. The number of carboxylic acid groups (broad SMARTS) is 1. The summed E-state index contributed by atoms with van der Waals surface area (Å²) in [4.78, 5) is 10.4. The Hall–Kier alpha value is -1.66. The van der Waals surface area contributed by atoms with Crippen molar-refractivity contribution in [2.24, 2.45) is 0 Å². The first kappa shape index (κ1) is 12.4. The standard InChI is InChI=1S/C9H5F5O2/c10-5-2-1-4(3-6(5)11)7(8(15)16)9(12,13)14/h1-3,7H,(H,15,16). The minimum atomic E-state index is -5.06. The summed E-state index contributed by atoms with van der Waals surface area (Å²) in [6.07, 6.45) is -5.06. The van der Waals surface area contributed by atoms with Gasteiger partial charge in [-0.15, -0.1) is 0 Å². The summed E-state index contributed by atoms with van der Waals surface area (Å²) in [5.74, 6) is -7.89. The zero-order valence-electron chi connectivity index (χ0n) is 7.55. The number of hydrogen-bond donors (Lipinski definition) is 1. The molecule has 1 rings (SSSR count). The van der Waals surface area contributed by atoms with E-state index in [4.69, 9.17) is 5.11 Å². The molecule has 0 saturated carbocycles. The fourth-order valence-electron chi connectivity index (χ4n) is 1.16. The van der Waals surface area contributed by atoms with Crippen molar-refractivity contribution in [2.45, 2.75) is 12.1 Å². The molecule has 1 atom stereocenters. The predicted molar refractivity (Wildman–Crippen MR) is 42.8 cm³/mol. The van der Waals surface area contributed by atoms with Gasteiger partial charge in [-0.25, -0.2) is 8.78 Å². The van der Waals surface area contributed by atoms with E-state index < -0.39 is 35.3 Å². The van der Waals surface area contributed by atoms with Crippen LogP contribution in [0.5, 0.6) is 0 Å². The van der Waals surface area contributed by atoms with Crippen LogP contribution in [-0.4, -0.2) is 17.3 Å². The van der Waals surface area contributed by atoms with Crippen molar-refractivity contribution in [3.05, 3.63) is 35.4 Å². The second-order valence-electron chi connectivity index (χ2n) is 2.99. The van der Waals surface area contributed by atoms with E-state index in [1.54, 1.807) is 0 Å². The maximum absolute atomic E-state index is 12.7. The summed E-state index contributed by atoms with van der Waals surface area (Å²) in [6.45, 7) is 0. The fraction of sp³-hybridized carbons (Fsp3) is 0.222. The van der Waals surface area contributed by atoms with Crippen LogP contribution < -0.4 is 0 Å². The molecule has 0 saturated heterocycles. The van der Waals surface area contributed by atoms with Gasteiger partial charge < -0.3 is 5.11 Å². The van der Waals surface area contributed by atoms with Gasteiger partial charge in [0.05, 0.1) is 0 Å². The molecule has 0 aliphatic rings. The van der Waals surface area contributed by atoms with Crippen LogP contribution in [0, 0.1) is 11.6 Å². The normalized spacial score (nSPS) is 13.6. The van der Waals surface area contributed by atoms with E-state index in [1.807, 2.05) is 0 Å². The van der Waals surface area contributed by atoms with E-state index in [2.05, 4.69) is 0 Å². The maximum atomic E-state index is 12.7. The zero-order chi connectivity index (χ0) is 12.5. The molecular formula is C9H5F5O2. The summed E-state index contributed by atoms with van der Waals surface area (Å²) in [5, 5.41) is 8.39. The Bertz CT molecular complexity index is 413. The van der Waals surface area contributed by atoms with Crippen molar-refractivity contribution in [3.63, 3.8) is 0 Å². The van der Waals surface area contributed by atoms with Gasteiger partial charge in [0.1, 0.15) is 0 Å². The van der Waals surface area contributed by atoms with Gasteiger partial charge in [0, 0.05) is 0 Å². The SMILES string of the molecule is O=C(O)C(c1ccc(F)c(F)c1)C(F)(F)F. The highest BCUT2D eigenvalue weighted by Gasteiger charge is 2.46. The van der Waals surface area contributed by atoms with E-state index in [0.717, 1.165) is 0 Å². The van der Waals surface area contributed by atoms with Gasteiger partial charge in [0.2, 0.25) is 0 Å². The molecule has 0 aliphatic heterocycles. The summed E-state index contributed by atoms with van der Waals surface area (Å²) in [6, 6.07) is 1.26. The number of benzene rings is 1. The second kappa shape index (κ2) is 4.07. The van der Waals surface area contributed by atoms with Gasteiger partial charge in [-0.3, -0.25) is 4.79 Å². The minimum absolute atomic E-state index is 0.224.